The number of hydrogen-bond donors (Lipinski definition) is 2. The summed E-state index contributed by atoms with van der Waals surface area (Å²) in [5.41, 5.74) is 3.83. The fourth-order valence-corrected chi connectivity index (χ4v) is 3.26. The number of fused-ring (bicyclic) bond motifs is 1. The van der Waals surface area contributed by atoms with Crippen LogP contribution in [0.4, 0.5) is 0 Å². The van der Waals surface area contributed by atoms with Crippen LogP contribution >= 0.6 is 11.8 Å². The highest BCUT2D eigenvalue weighted by Crippen LogP contribution is 2.20. The van der Waals surface area contributed by atoms with Gasteiger partial charge in [0.1, 0.15) is 5.82 Å². The average Bonchev–Trinajstić information content (AvgIpc) is 3.09. The van der Waals surface area contributed by atoms with E-state index in [9.17, 15) is 4.79 Å². The van der Waals surface area contributed by atoms with Crippen molar-refractivity contribution in [2.45, 2.75) is 25.8 Å². The van der Waals surface area contributed by atoms with E-state index in [-0.39, 0.29) is 11.9 Å². The minimum absolute atomic E-state index is 0.0609. The number of H-pyrrole nitrogens is 1. The Labute approximate surface area is 152 Å². The Morgan fingerprint density at radius 3 is 2.64 bits per heavy atom. The number of amides is 1. The first-order chi connectivity index (χ1) is 12.2. The molecule has 2 N–H and O–H groups in total. The molecule has 1 amide bonds. The van der Waals surface area contributed by atoms with Crippen LogP contribution in [0.3, 0.4) is 0 Å². The van der Waals surface area contributed by atoms with E-state index in [0.717, 1.165) is 35.5 Å². The van der Waals surface area contributed by atoms with E-state index in [1.807, 2.05) is 48.5 Å². The molecule has 4 nitrogen and oxygen atoms in total. The molecule has 3 aromatic rings. The van der Waals surface area contributed by atoms with Crippen molar-refractivity contribution >= 4 is 28.7 Å². The Balaban J connectivity index is 1.80. The third-order valence-corrected chi connectivity index (χ3v) is 4.92. The second kappa shape index (κ2) is 8.21. The normalized spacial score (nSPS) is 12.2. The number of imidazole rings is 1. The van der Waals surface area contributed by atoms with Crippen LogP contribution in [0.1, 0.15) is 41.1 Å². The highest BCUT2D eigenvalue weighted by Gasteiger charge is 2.19. The van der Waals surface area contributed by atoms with E-state index >= 15 is 0 Å². The van der Waals surface area contributed by atoms with Crippen LogP contribution in [0.25, 0.3) is 11.0 Å². The second-order valence-corrected chi connectivity index (χ2v) is 6.98. The zero-order valence-corrected chi connectivity index (χ0v) is 15.4. The summed E-state index contributed by atoms with van der Waals surface area (Å²) in [5, 5.41) is 3.14. The molecule has 1 heterocycles. The van der Waals surface area contributed by atoms with Gasteiger partial charge in [-0.05, 0) is 54.7 Å². The molecule has 0 spiro atoms. The number of hydrogen-bond acceptors (Lipinski definition) is 3. The lowest BCUT2D eigenvalue weighted by molar-refractivity contribution is 0.0934. The van der Waals surface area contributed by atoms with Gasteiger partial charge in [0, 0.05) is 5.56 Å². The smallest absolute Gasteiger partial charge is 0.251 e. The van der Waals surface area contributed by atoms with E-state index < -0.39 is 0 Å². The lowest BCUT2D eigenvalue weighted by atomic mass is 10.1. The van der Waals surface area contributed by atoms with Crippen molar-refractivity contribution in [1.29, 1.82) is 0 Å². The summed E-state index contributed by atoms with van der Waals surface area (Å²) in [7, 11) is 0. The number of benzene rings is 2. The van der Waals surface area contributed by atoms with Crippen molar-refractivity contribution in [2.75, 3.05) is 12.0 Å². The Bertz CT molecular complexity index is 809. The quantitative estimate of drug-likeness (QED) is 0.664. The van der Waals surface area contributed by atoms with Crippen LogP contribution in [0.15, 0.2) is 48.5 Å². The van der Waals surface area contributed by atoms with Gasteiger partial charge < -0.3 is 10.3 Å². The summed E-state index contributed by atoms with van der Waals surface area (Å²) in [6.45, 7) is 2.11. The summed E-state index contributed by atoms with van der Waals surface area (Å²) in [6.07, 6.45) is 3.87. The molecule has 0 fully saturated rings. The van der Waals surface area contributed by atoms with Crippen LogP contribution in [-0.4, -0.2) is 27.9 Å². The number of aromatic nitrogens is 2. The largest absolute Gasteiger partial charge is 0.342 e. The number of aryl methyl sites for hydroxylation is 1. The Morgan fingerprint density at radius 1 is 1.20 bits per heavy atom. The van der Waals surface area contributed by atoms with Gasteiger partial charge in [0.25, 0.3) is 5.91 Å². The summed E-state index contributed by atoms with van der Waals surface area (Å²) in [6, 6.07) is 15.6. The SMILES string of the molecule is CCc1ccc(C(=O)NC(CCSC)c2nc3ccccc3[nH]2)cc1. The number of nitrogens with zero attached hydrogens (tertiary/aromatic N) is 1. The zero-order valence-electron chi connectivity index (χ0n) is 14.6. The third kappa shape index (κ3) is 4.23. The molecule has 0 bridgehead atoms. The first-order valence-corrected chi connectivity index (χ1v) is 9.94. The van der Waals surface area contributed by atoms with Crippen molar-refractivity contribution in [3.63, 3.8) is 0 Å². The monoisotopic (exact) mass is 353 g/mol. The minimum atomic E-state index is -0.127. The number of rotatable bonds is 7. The van der Waals surface area contributed by atoms with Crippen LogP contribution in [0.5, 0.6) is 0 Å². The average molecular weight is 353 g/mol. The van der Waals surface area contributed by atoms with Gasteiger partial charge in [-0.15, -0.1) is 0 Å². The number of carbonyl (C=O) groups is 1. The van der Waals surface area contributed by atoms with Crippen molar-refractivity contribution in [3.05, 3.63) is 65.5 Å². The predicted molar refractivity (Wildman–Crippen MR) is 105 cm³/mol. The highest BCUT2D eigenvalue weighted by atomic mass is 32.2. The van der Waals surface area contributed by atoms with Gasteiger partial charge in [-0.1, -0.05) is 31.2 Å². The van der Waals surface area contributed by atoms with Crippen molar-refractivity contribution in [2.24, 2.45) is 0 Å². The molecule has 0 saturated heterocycles. The molecular weight excluding hydrogens is 330 g/mol. The number of nitrogens with one attached hydrogen (secondary N) is 2. The van der Waals surface area contributed by atoms with Gasteiger partial charge in [-0.25, -0.2) is 4.98 Å². The Hall–Kier alpha value is -2.27. The maximum atomic E-state index is 12.6. The van der Waals surface area contributed by atoms with Gasteiger partial charge >= 0.3 is 0 Å². The van der Waals surface area contributed by atoms with Crippen LogP contribution in [0.2, 0.25) is 0 Å². The molecule has 1 unspecified atom stereocenters. The number of carbonyl (C=O) groups excluding carboxylic acids is 1. The first-order valence-electron chi connectivity index (χ1n) is 8.54. The second-order valence-electron chi connectivity index (χ2n) is 6.00. The Kier molecular flexibility index (Phi) is 5.76. The van der Waals surface area contributed by atoms with Gasteiger partial charge in [0.15, 0.2) is 0 Å². The van der Waals surface area contributed by atoms with Crippen molar-refractivity contribution in [3.8, 4) is 0 Å². The summed E-state index contributed by atoms with van der Waals surface area (Å²) in [5.74, 6) is 1.71. The van der Waals surface area contributed by atoms with E-state index in [1.165, 1.54) is 5.56 Å². The molecule has 130 valence electrons. The molecule has 0 aliphatic rings. The van der Waals surface area contributed by atoms with E-state index in [4.69, 9.17) is 0 Å². The molecule has 0 aliphatic heterocycles. The molecule has 3 rings (SSSR count). The Morgan fingerprint density at radius 2 is 1.96 bits per heavy atom. The van der Waals surface area contributed by atoms with Crippen molar-refractivity contribution in [1.82, 2.24) is 15.3 Å². The molecule has 1 aromatic heterocycles. The molecule has 2 aromatic carbocycles. The van der Waals surface area contributed by atoms with Crippen LogP contribution in [0, 0.1) is 0 Å². The lowest BCUT2D eigenvalue weighted by Gasteiger charge is -2.16. The van der Waals surface area contributed by atoms with Gasteiger partial charge in [0.05, 0.1) is 17.1 Å². The minimum Gasteiger partial charge on any atom is -0.342 e. The first kappa shape index (κ1) is 17.5. The molecule has 25 heavy (non-hydrogen) atoms. The summed E-state index contributed by atoms with van der Waals surface area (Å²) >= 11 is 1.77. The predicted octanol–water partition coefficient (Wildman–Crippen LogP) is 4.35. The van der Waals surface area contributed by atoms with Crippen LogP contribution < -0.4 is 5.32 Å². The number of para-hydroxylation sites is 2. The molecule has 0 saturated carbocycles. The molecule has 5 heteroatoms. The van der Waals surface area contributed by atoms with Crippen LogP contribution in [-0.2, 0) is 6.42 Å². The number of thioether (sulfide) groups is 1. The molecule has 0 aliphatic carbocycles. The van der Waals surface area contributed by atoms with Gasteiger partial charge in [0.2, 0.25) is 0 Å². The summed E-state index contributed by atoms with van der Waals surface area (Å²) < 4.78 is 0. The van der Waals surface area contributed by atoms with E-state index in [1.54, 1.807) is 11.8 Å². The van der Waals surface area contributed by atoms with E-state index in [0.29, 0.717) is 5.56 Å². The molecular formula is C20H23N3OS. The maximum Gasteiger partial charge on any atom is 0.251 e. The number of aromatic amines is 1. The van der Waals surface area contributed by atoms with Crippen molar-refractivity contribution < 1.29 is 4.79 Å². The highest BCUT2D eigenvalue weighted by molar-refractivity contribution is 7.98. The fourth-order valence-electron chi connectivity index (χ4n) is 2.78. The van der Waals surface area contributed by atoms with Gasteiger partial charge in [-0.2, -0.15) is 11.8 Å². The van der Waals surface area contributed by atoms with Gasteiger partial charge in [-0.3, -0.25) is 4.79 Å². The zero-order chi connectivity index (χ0) is 17.6. The topological polar surface area (TPSA) is 57.8 Å². The molecule has 1 atom stereocenters. The maximum absolute atomic E-state index is 12.6. The fraction of sp³-hybridized carbons (Fsp3) is 0.300. The summed E-state index contributed by atoms with van der Waals surface area (Å²) in [4.78, 5) is 20.7. The third-order valence-electron chi connectivity index (χ3n) is 4.28. The lowest BCUT2D eigenvalue weighted by Crippen LogP contribution is -2.29. The molecule has 0 radical (unpaired) electrons. The standard InChI is InChI=1S/C20H23N3OS/c1-3-14-8-10-15(11-9-14)20(24)23-18(12-13-25-2)19-21-16-6-4-5-7-17(16)22-19/h4-11,18H,3,12-13H2,1-2H3,(H,21,22)(H,23,24). The van der Waals surface area contributed by atoms with E-state index in [2.05, 4.69) is 28.5 Å².